The molecule has 0 spiro atoms. The van der Waals surface area contributed by atoms with Crippen molar-refractivity contribution in [3.8, 4) is 0 Å². The lowest BCUT2D eigenvalue weighted by Gasteiger charge is -2.57. The van der Waals surface area contributed by atoms with E-state index in [4.69, 9.17) is 3.63 Å². The molecule has 188 valence electrons. The first kappa shape index (κ1) is 25.4. The number of alkyl halides is 3. The van der Waals surface area contributed by atoms with Crippen LogP contribution in [0.4, 0.5) is 13.2 Å². The van der Waals surface area contributed by atoms with E-state index in [0.717, 1.165) is 101 Å². The highest BCUT2D eigenvalue weighted by atomic mass is 32.3. The first-order valence-corrected chi connectivity index (χ1v) is 15.8. The number of rotatable bonds is 6. The molecular weight excluding hydrogens is 469 g/mol. The van der Waals surface area contributed by atoms with Crippen LogP contribution in [0, 0.1) is 0 Å². The molecule has 0 amide bonds. The lowest BCUT2D eigenvalue weighted by atomic mass is 9.99. The molecule has 0 unspecified atom stereocenters. The van der Waals surface area contributed by atoms with Gasteiger partial charge in [0.05, 0.1) is 10.5 Å². The zero-order valence-electron chi connectivity index (χ0n) is 19.3. The minimum atomic E-state index is -4.50. The fraction of sp³-hybridized carbons (Fsp3) is 0.760. The second-order valence-electron chi connectivity index (χ2n) is 10.0. The van der Waals surface area contributed by atoms with Crippen molar-refractivity contribution in [2.45, 2.75) is 123 Å². The van der Waals surface area contributed by atoms with Crippen molar-refractivity contribution in [2.75, 3.05) is 0 Å². The summed E-state index contributed by atoms with van der Waals surface area (Å²) in [6.07, 6.45) is 11.9. The lowest BCUT2D eigenvalue weighted by Crippen LogP contribution is -2.42. The lowest BCUT2D eigenvalue weighted by molar-refractivity contribution is -0.137. The van der Waals surface area contributed by atoms with Crippen molar-refractivity contribution in [2.24, 2.45) is 0 Å². The molecule has 0 atom stereocenters. The van der Waals surface area contributed by atoms with Crippen LogP contribution in [0.5, 0.6) is 0 Å². The van der Waals surface area contributed by atoms with Crippen LogP contribution in [0.25, 0.3) is 0 Å². The third-order valence-corrected chi connectivity index (χ3v) is 14.9. The molecule has 3 aliphatic rings. The Bertz CT molecular complexity index is 820. The first-order valence-electron chi connectivity index (χ1n) is 12.7. The normalized spacial score (nSPS) is 23.5. The molecule has 4 rings (SSSR count). The van der Waals surface area contributed by atoms with Crippen LogP contribution in [0.1, 0.15) is 102 Å². The van der Waals surface area contributed by atoms with E-state index in [2.05, 4.69) is 0 Å². The van der Waals surface area contributed by atoms with Gasteiger partial charge in [-0.3, -0.25) is 0 Å². The molecule has 3 fully saturated rings. The number of benzene rings is 1. The molecule has 3 nitrogen and oxygen atoms in total. The van der Waals surface area contributed by atoms with Crippen LogP contribution in [-0.2, 0) is 19.9 Å². The van der Waals surface area contributed by atoms with Crippen LogP contribution in [-0.4, -0.2) is 24.2 Å². The maximum Gasteiger partial charge on any atom is 0.416 e. The van der Waals surface area contributed by atoms with E-state index >= 15 is 0 Å². The summed E-state index contributed by atoms with van der Waals surface area (Å²) in [5.74, 6) is 0. The van der Waals surface area contributed by atoms with E-state index in [1.807, 2.05) is 0 Å². The van der Waals surface area contributed by atoms with Gasteiger partial charge < -0.3 is 0 Å². The van der Waals surface area contributed by atoms with Gasteiger partial charge in [0.15, 0.2) is 0 Å². The zero-order chi connectivity index (χ0) is 23.5. The Morgan fingerprint density at radius 2 is 1.00 bits per heavy atom. The molecule has 33 heavy (non-hydrogen) atoms. The molecule has 0 radical (unpaired) electrons. The Morgan fingerprint density at radius 3 is 1.33 bits per heavy atom. The Hall–Kier alpha value is -0.730. The van der Waals surface area contributed by atoms with E-state index in [1.54, 1.807) is 0 Å². The van der Waals surface area contributed by atoms with Crippen LogP contribution in [0.2, 0.25) is 0 Å². The summed E-state index contributed by atoms with van der Waals surface area (Å²) in [5.41, 5.74) is -0.841. The van der Waals surface area contributed by atoms with Crippen molar-refractivity contribution in [3.63, 3.8) is 0 Å². The van der Waals surface area contributed by atoms with Crippen LogP contribution >= 0.6 is 10.3 Å². The van der Waals surface area contributed by atoms with Gasteiger partial charge in [0, 0.05) is 15.7 Å². The molecule has 0 N–H and O–H groups in total. The molecule has 0 aromatic heterocycles. The topological polar surface area (TPSA) is 43.4 Å². The van der Waals surface area contributed by atoms with Gasteiger partial charge in [0.2, 0.25) is 0 Å². The first-order chi connectivity index (χ1) is 15.7. The van der Waals surface area contributed by atoms with Crippen LogP contribution in [0.3, 0.4) is 0 Å². The van der Waals surface area contributed by atoms with E-state index < -0.39 is 32.2 Å². The van der Waals surface area contributed by atoms with Gasteiger partial charge in [-0.25, -0.2) is 3.63 Å². The highest BCUT2D eigenvalue weighted by Gasteiger charge is 2.50. The molecule has 0 heterocycles. The summed E-state index contributed by atoms with van der Waals surface area (Å²) >= 11 is 0. The van der Waals surface area contributed by atoms with E-state index in [-0.39, 0.29) is 20.6 Å². The standard InChI is InChI=1S/C25H37F3O3S2/c26-25(27,28)20-16-18-24(19-17-20)33(29,30)31-32(21-10-4-1-5-11-21,22-12-6-2-7-13-22)23-14-8-3-9-15-23/h16-19,21-23H,1-15H2. The van der Waals surface area contributed by atoms with Crippen molar-refractivity contribution in [1.82, 2.24) is 0 Å². The summed E-state index contributed by atoms with van der Waals surface area (Å²) in [6.45, 7) is 0. The average molecular weight is 507 g/mol. The summed E-state index contributed by atoms with van der Waals surface area (Å²) in [6, 6.07) is 3.86. The van der Waals surface area contributed by atoms with Crippen molar-refractivity contribution in [3.05, 3.63) is 29.8 Å². The van der Waals surface area contributed by atoms with Gasteiger partial charge in [-0.15, -0.1) is 10.3 Å². The molecule has 1 aromatic rings. The number of hydrogen-bond donors (Lipinski definition) is 0. The van der Waals surface area contributed by atoms with Crippen molar-refractivity contribution in [1.29, 1.82) is 0 Å². The van der Waals surface area contributed by atoms with Gasteiger partial charge in [-0.05, 0) is 62.8 Å². The second kappa shape index (κ2) is 10.5. The SMILES string of the molecule is O=S(=O)(OS(C1CCCCC1)(C1CCCCC1)C1CCCCC1)c1ccc(C(F)(F)F)cc1. The number of halogens is 3. The van der Waals surface area contributed by atoms with Gasteiger partial charge in [-0.2, -0.15) is 21.6 Å². The van der Waals surface area contributed by atoms with Gasteiger partial charge in [0.25, 0.3) is 0 Å². The molecular formula is C25H37F3O3S2. The minimum Gasteiger partial charge on any atom is -0.215 e. The molecule has 3 aliphatic carbocycles. The molecule has 3 saturated carbocycles. The highest BCUT2D eigenvalue weighted by Crippen LogP contribution is 2.70. The predicted octanol–water partition coefficient (Wildman–Crippen LogP) is 8.13. The highest BCUT2D eigenvalue weighted by molar-refractivity contribution is 8.34. The van der Waals surface area contributed by atoms with Crippen LogP contribution in [0.15, 0.2) is 29.2 Å². The van der Waals surface area contributed by atoms with Gasteiger partial charge >= 0.3 is 16.3 Å². The monoisotopic (exact) mass is 506 g/mol. The van der Waals surface area contributed by atoms with Crippen molar-refractivity contribution < 1.29 is 25.2 Å². The molecule has 8 heteroatoms. The van der Waals surface area contributed by atoms with Gasteiger partial charge in [0.1, 0.15) is 0 Å². The molecule has 0 bridgehead atoms. The predicted molar refractivity (Wildman–Crippen MR) is 128 cm³/mol. The Morgan fingerprint density at radius 1 is 0.636 bits per heavy atom. The van der Waals surface area contributed by atoms with E-state index in [1.165, 1.54) is 19.3 Å². The van der Waals surface area contributed by atoms with E-state index in [9.17, 15) is 21.6 Å². The second-order valence-corrected chi connectivity index (χ2v) is 15.3. The maximum absolute atomic E-state index is 13.7. The summed E-state index contributed by atoms with van der Waals surface area (Å²) in [7, 11) is -6.11. The molecule has 0 aliphatic heterocycles. The number of hydrogen-bond acceptors (Lipinski definition) is 3. The quantitative estimate of drug-likeness (QED) is 0.391. The van der Waals surface area contributed by atoms with Crippen molar-refractivity contribution >= 4 is 20.4 Å². The Kier molecular flexibility index (Phi) is 8.06. The fourth-order valence-corrected chi connectivity index (χ4v) is 14.5. The fourth-order valence-electron chi connectivity index (χ4n) is 6.29. The third-order valence-electron chi connectivity index (χ3n) is 7.90. The summed E-state index contributed by atoms with van der Waals surface area (Å²) in [5, 5.41) is 0.838. The smallest absolute Gasteiger partial charge is 0.215 e. The summed E-state index contributed by atoms with van der Waals surface area (Å²) in [4.78, 5) is -0.144. The Labute approximate surface area is 198 Å². The maximum atomic E-state index is 13.7. The molecule has 0 saturated heterocycles. The zero-order valence-corrected chi connectivity index (χ0v) is 21.0. The Balaban J connectivity index is 1.74. The third kappa shape index (κ3) is 5.58. The average Bonchev–Trinajstić information content (AvgIpc) is 2.84. The summed E-state index contributed by atoms with van der Waals surface area (Å²) < 4.78 is 73.0. The largest absolute Gasteiger partial charge is 0.416 e. The van der Waals surface area contributed by atoms with Crippen LogP contribution < -0.4 is 0 Å². The molecule has 1 aromatic carbocycles. The minimum absolute atomic E-state index is 0.144. The van der Waals surface area contributed by atoms with Gasteiger partial charge in [-0.1, -0.05) is 57.8 Å². The van der Waals surface area contributed by atoms with E-state index in [0.29, 0.717) is 0 Å².